The van der Waals surface area contributed by atoms with Crippen LogP contribution in [0.5, 0.6) is 0 Å². The van der Waals surface area contributed by atoms with Crippen molar-refractivity contribution in [1.29, 1.82) is 0 Å². The number of nitrogens with zero attached hydrogens (tertiary/aromatic N) is 1. The molecule has 182 valence electrons. The number of nitrogens with one attached hydrogen (secondary N) is 2. The predicted octanol–water partition coefficient (Wildman–Crippen LogP) is 3.36. The molecule has 3 aliphatic heterocycles. The average molecular weight is 484 g/mol. The number of anilines is 1. The van der Waals surface area contributed by atoms with Crippen LogP contribution in [0.4, 0.5) is 5.69 Å². The lowest BCUT2D eigenvalue weighted by atomic mass is 9.74. The van der Waals surface area contributed by atoms with Gasteiger partial charge < -0.3 is 20.3 Å². The molecule has 2 bridgehead atoms. The number of likely N-dealkylation sites (tertiary alicyclic amines) is 1. The monoisotopic (exact) mass is 483 g/mol. The maximum atomic E-state index is 13.7. The third-order valence-electron chi connectivity index (χ3n) is 7.68. The van der Waals surface area contributed by atoms with Crippen molar-refractivity contribution >= 4 is 35.2 Å². The third-order valence-corrected chi connectivity index (χ3v) is 8.40. The third kappa shape index (κ3) is 3.85. The average Bonchev–Trinajstić information content (AvgIpc) is 3.48. The van der Waals surface area contributed by atoms with E-state index in [0.29, 0.717) is 12.2 Å². The highest BCUT2D eigenvalue weighted by Gasteiger charge is 2.72. The molecule has 5 atom stereocenters. The molecule has 8 heteroatoms. The van der Waals surface area contributed by atoms with Crippen LogP contribution in [0.1, 0.15) is 45.4 Å². The van der Waals surface area contributed by atoms with Crippen molar-refractivity contribution in [3.8, 4) is 0 Å². The highest BCUT2D eigenvalue weighted by Crippen LogP contribution is 2.55. The minimum absolute atomic E-state index is 0.140. The second-order valence-electron chi connectivity index (χ2n) is 9.80. The Morgan fingerprint density at radius 2 is 2.00 bits per heavy atom. The van der Waals surface area contributed by atoms with Gasteiger partial charge in [0, 0.05) is 23.2 Å². The highest BCUT2D eigenvalue weighted by atomic mass is 32.2. The topological polar surface area (TPSA) is 87.7 Å². The van der Waals surface area contributed by atoms with Crippen molar-refractivity contribution in [2.45, 2.75) is 74.1 Å². The maximum absolute atomic E-state index is 13.7. The Morgan fingerprint density at radius 3 is 2.74 bits per heavy atom. The van der Waals surface area contributed by atoms with Gasteiger partial charge in [-0.05, 0) is 43.7 Å². The molecule has 2 saturated heterocycles. The summed E-state index contributed by atoms with van der Waals surface area (Å²) >= 11 is 1.60. The van der Waals surface area contributed by atoms with Gasteiger partial charge >= 0.3 is 0 Å². The zero-order valence-electron chi connectivity index (χ0n) is 19.8. The first-order chi connectivity index (χ1) is 16.5. The van der Waals surface area contributed by atoms with Crippen molar-refractivity contribution in [3.63, 3.8) is 0 Å². The highest BCUT2D eigenvalue weighted by molar-refractivity contribution is 7.98. The van der Waals surface area contributed by atoms with Crippen LogP contribution < -0.4 is 10.6 Å². The number of carbonyl (C=O) groups excluding carboxylic acids is 3. The Balaban J connectivity index is 1.41. The van der Waals surface area contributed by atoms with Crippen LogP contribution >= 0.6 is 11.8 Å². The molecule has 3 unspecified atom stereocenters. The molecule has 1 aromatic carbocycles. The van der Waals surface area contributed by atoms with Crippen LogP contribution in [0.3, 0.4) is 0 Å². The Morgan fingerprint density at radius 1 is 1.21 bits per heavy atom. The molecule has 4 aliphatic rings. The number of rotatable bonds is 7. The number of fused-ring (bicyclic) bond motifs is 1. The van der Waals surface area contributed by atoms with Gasteiger partial charge in [0.15, 0.2) is 0 Å². The predicted molar refractivity (Wildman–Crippen MR) is 131 cm³/mol. The molecule has 1 aromatic rings. The second-order valence-corrected chi connectivity index (χ2v) is 10.7. The molecule has 3 fully saturated rings. The quantitative estimate of drug-likeness (QED) is 0.459. The largest absolute Gasteiger partial charge is 0.359 e. The van der Waals surface area contributed by atoms with E-state index in [9.17, 15) is 14.4 Å². The summed E-state index contributed by atoms with van der Waals surface area (Å²) in [5, 5.41) is 6.20. The van der Waals surface area contributed by atoms with E-state index >= 15 is 0 Å². The molecule has 3 amide bonds. The van der Waals surface area contributed by atoms with Crippen molar-refractivity contribution in [2.24, 2.45) is 11.8 Å². The second kappa shape index (κ2) is 9.38. The number of hydrogen-bond acceptors (Lipinski definition) is 5. The number of thioether (sulfide) groups is 1. The number of benzene rings is 1. The van der Waals surface area contributed by atoms with E-state index in [4.69, 9.17) is 4.74 Å². The van der Waals surface area contributed by atoms with Gasteiger partial charge in [0.05, 0.1) is 17.9 Å². The molecule has 2 N–H and O–H groups in total. The standard InChI is InChI=1S/C26H33N3O4S/c1-3-14-29-22(24(31)27-16-8-5-4-6-9-16)26-13-12-19(33-26)20(21(26)25(29)32)23(30)28-17-10-7-11-18(15-17)34-2/h7,10-13,15-16,19-22H,3-6,8-9,14H2,1-2H3,(H,27,31)(H,28,30)/t19-,20?,21-,22?,26?/m1/s1. The van der Waals surface area contributed by atoms with E-state index in [1.165, 1.54) is 6.42 Å². The first kappa shape index (κ1) is 23.4. The molecule has 5 rings (SSSR count). The summed E-state index contributed by atoms with van der Waals surface area (Å²) in [6.45, 7) is 2.46. The minimum atomic E-state index is -1.08. The fourth-order valence-corrected chi connectivity index (χ4v) is 6.66. The molecule has 1 aliphatic carbocycles. The number of hydrogen-bond donors (Lipinski definition) is 2. The molecule has 3 heterocycles. The summed E-state index contributed by atoms with van der Waals surface area (Å²) in [4.78, 5) is 43.4. The zero-order chi connectivity index (χ0) is 23.9. The summed E-state index contributed by atoms with van der Waals surface area (Å²) in [6, 6.07) is 7.04. The van der Waals surface area contributed by atoms with E-state index in [-0.39, 0.29) is 23.8 Å². The van der Waals surface area contributed by atoms with E-state index in [1.54, 1.807) is 16.7 Å². The number of carbonyl (C=O) groups is 3. The molecule has 34 heavy (non-hydrogen) atoms. The van der Waals surface area contributed by atoms with Crippen LogP contribution in [-0.4, -0.2) is 59.2 Å². The Hall–Kier alpha value is -2.32. The lowest BCUT2D eigenvalue weighted by molar-refractivity contribution is -0.141. The first-order valence-electron chi connectivity index (χ1n) is 12.4. The maximum Gasteiger partial charge on any atom is 0.246 e. The Bertz CT molecular complexity index is 1010. The van der Waals surface area contributed by atoms with E-state index in [1.807, 2.05) is 49.6 Å². The SMILES string of the molecule is CCCN1C(=O)[C@H]2C(C(=O)Nc3cccc(SC)c3)[C@H]3C=CC2(O3)C1C(=O)NC1CCCCC1. The van der Waals surface area contributed by atoms with Crippen LogP contribution in [0.2, 0.25) is 0 Å². The van der Waals surface area contributed by atoms with E-state index < -0.39 is 29.6 Å². The van der Waals surface area contributed by atoms with Gasteiger partial charge in [-0.3, -0.25) is 14.4 Å². The van der Waals surface area contributed by atoms with Gasteiger partial charge in [-0.25, -0.2) is 0 Å². The van der Waals surface area contributed by atoms with Gasteiger partial charge in [-0.2, -0.15) is 0 Å². The van der Waals surface area contributed by atoms with Crippen molar-refractivity contribution in [3.05, 3.63) is 36.4 Å². The summed E-state index contributed by atoms with van der Waals surface area (Å²) in [5.74, 6) is -1.91. The van der Waals surface area contributed by atoms with Gasteiger partial charge in [0.2, 0.25) is 17.7 Å². The fourth-order valence-electron chi connectivity index (χ4n) is 6.20. The molecular weight excluding hydrogens is 450 g/mol. The first-order valence-corrected chi connectivity index (χ1v) is 13.6. The Labute approximate surface area is 205 Å². The minimum Gasteiger partial charge on any atom is -0.359 e. The van der Waals surface area contributed by atoms with Gasteiger partial charge in [0.25, 0.3) is 0 Å². The summed E-state index contributed by atoms with van der Waals surface area (Å²) in [5.41, 5.74) is -0.390. The van der Waals surface area contributed by atoms with Crippen LogP contribution in [0.15, 0.2) is 41.3 Å². The van der Waals surface area contributed by atoms with Gasteiger partial charge in [-0.15, -0.1) is 11.8 Å². The fraction of sp³-hybridized carbons (Fsp3) is 0.577. The van der Waals surface area contributed by atoms with Crippen molar-refractivity contribution in [1.82, 2.24) is 10.2 Å². The number of amides is 3. The molecule has 0 radical (unpaired) electrons. The van der Waals surface area contributed by atoms with Gasteiger partial charge in [-0.1, -0.05) is 44.4 Å². The lowest BCUT2D eigenvalue weighted by Crippen LogP contribution is -2.56. The number of ether oxygens (including phenoxy) is 1. The normalized spacial score (nSPS) is 32.2. The molecule has 7 nitrogen and oxygen atoms in total. The summed E-state index contributed by atoms with van der Waals surface area (Å²) in [7, 11) is 0. The molecule has 1 saturated carbocycles. The van der Waals surface area contributed by atoms with Crippen molar-refractivity contribution < 1.29 is 19.1 Å². The van der Waals surface area contributed by atoms with E-state index in [0.717, 1.165) is 37.0 Å². The van der Waals surface area contributed by atoms with Crippen LogP contribution in [0.25, 0.3) is 0 Å². The smallest absolute Gasteiger partial charge is 0.246 e. The van der Waals surface area contributed by atoms with Crippen molar-refractivity contribution in [2.75, 3.05) is 18.1 Å². The Kier molecular flexibility index (Phi) is 6.46. The zero-order valence-corrected chi connectivity index (χ0v) is 20.6. The molecular formula is C26H33N3O4S. The van der Waals surface area contributed by atoms with Crippen LogP contribution in [0, 0.1) is 11.8 Å². The van der Waals surface area contributed by atoms with Gasteiger partial charge in [0.1, 0.15) is 11.6 Å². The summed E-state index contributed by atoms with van der Waals surface area (Å²) < 4.78 is 6.37. The van der Waals surface area contributed by atoms with Crippen LogP contribution in [-0.2, 0) is 19.1 Å². The summed E-state index contributed by atoms with van der Waals surface area (Å²) in [6.07, 6.45) is 11.3. The van der Waals surface area contributed by atoms with E-state index in [2.05, 4.69) is 10.6 Å². The molecule has 1 spiro atoms. The lowest BCUT2D eigenvalue weighted by Gasteiger charge is -2.34. The molecule has 0 aromatic heterocycles.